The highest BCUT2D eigenvalue weighted by Crippen LogP contribution is 2.30. The molecule has 0 fully saturated rings. The lowest BCUT2D eigenvalue weighted by atomic mass is 10.2. The Morgan fingerprint density at radius 1 is 1.32 bits per heavy atom. The van der Waals surface area contributed by atoms with E-state index in [0.29, 0.717) is 5.65 Å². The second-order valence-electron chi connectivity index (χ2n) is 4.03. The fraction of sp³-hybridized carbons (Fsp3) is 0.154. The number of hydrogen-bond acceptors (Lipinski definition) is 5. The first-order valence-electron chi connectivity index (χ1n) is 5.79. The van der Waals surface area contributed by atoms with Crippen molar-refractivity contribution in [2.24, 2.45) is 0 Å². The minimum absolute atomic E-state index is 0.0109. The van der Waals surface area contributed by atoms with E-state index in [0.717, 1.165) is 4.70 Å². The van der Waals surface area contributed by atoms with Crippen LogP contribution in [0.15, 0.2) is 47.7 Å². The molecule has 1 atom stereocenters. The SMILES string of the molecule is C[C@@H](Sn1c(=O)sc2cncnc21)c1ccccc1. The highest BCUT2D eigenvalue weighted by molar-refractivity contribution is 7.98. The van der Waals surface area contributed by atoms with Crippen LogP contribution in [0, 0.1) is 0 Å². The van der Waals surface area contributed by atoms with Gasteiger partial charge in [-0.2, -0.15) is 0 Å². The van der Waals surface area contributed by atoms with Crippen molar-refractivity contribution in [2.45, 2.75) is 12.2 Å². The van der Waals surface area contributed by atoms with E-state index in [1.165, 1.54) is 35.2 Å². The molecule has 0 aliphatic heterocycles. The molecule has 3 aromatic rings. The average Bonchev–Trinajstić information content (AvgIpc) is 2.76. The van der Waals surface area contributed by atoms with Crippen LogP contribution in [0.1, 0.15) is 17.7 Å². The molecular formula is C13H11N3OS2. The van der Waals surface area contributed by atoms with Gasteiger partial charge in [-0.05, 0) is 24.4 Å². The van der Waals surface area contributed by atoms with Crippen molar-refractivity contribution in [3.8, 4) is 0 Å². The van der Waals surface area contributed by atoms with Crippen molar-refractivity contribution < 1.29 is 0 Å². The van der Waals surface area contributed by atoms with Gasteiger partial charge in [-0.25, -0.2) is 13.9 Å². The first kappa shape index (κ1) is 12.4. The second-order valence-corrected chi connectivity index (χ2v) is 6.31. The zero-order chi connectivity index (χ0) is 13.2. The second kappa shape index (κ2) is 5.14. The molecule has 0 amide bonds. The van der Waals surface area contributed by atoms with E-state index in [2.05, 4.69) is 29.0 Å². The minimum Gasteiger partial charge on any atom is -0.256 e. The maximum atomic E-state index is 12.0. The molecule has 6 heteroatoms. The molecule has 3 rings (SSSR count). The van der Waals surface area contributed by atoms with Crippen molar-refractivity contribution in [3.05, 3.63) is 58.1 Å². The van der Waals surface area contributed by atoms with E-state index in [1.807, 2.05) is 18.2 Å². The molecular weight excluding hydrogens is 278 g/mol. The third-order valence-corrected chi connectivity index (χ3v) is 4.87. The summed E-state index contributed by atoms with van der Waals surface area (Å²) < 4.78 is 2.47. The molecule has 0 unspecified atom stereocenters. The van der Waals surface area contributed by atoms with Crippen LogP contribution in [0.3, 0.4) is 0 Å². The highest BCUT2D eigenvalue weighted by atomic mass is 32.2. The molecule has 0 saturated carbocycles. The molecule has 0 aliphatic rings. The zero-order valence-corrected chi connectivity index (χ0v) is 11.8. The first-order chi connectivity index (χ1) is 9.25. The lowest BCUT2D eigenvalue weighted by Crippen LogP contribution is -2.08. The number of thiazole rings is 1. The molecule has 0 spiro atoms. The molecule has 2 heterocycles. The van der Waals surface area contributed by atoms with Crippen molar-refractivity contribution in [3.63, 3.8) is 0 Å². The number of hydrogen-bond donors (Lipinski definition) is 0. The number of rotatable bonds is 3. The molecule has 0 bridgehead atoms. The predicted octanol–water partition coefficient (Wildman–Crippen LogP) is 3.11. The van der Waals surface area contributed by atoms with E-state index < -0.39 is 0 Å². The molecule has 2 aromatic heterocycles. The Morgan fingerprint density at radius 3 is 2.89 bits per heavy atom. The van der Waals surface area contributed by atoms with Crippen LogP contribution in [0.4, 0.5) is 0 Å². The van der Waals surface area contributed by atoms with Gasteiger partial charge in [0.25, 0.3) is 0 Å². The molecule has 0 radical (unpaired) electrons. The number of aromatic nitrogens is 3. The molecule has 0 saturated heterocycles. The average molecular weight is 289 g/mol. The summed E-state index contributed by atoms with van der Waals surface area (Å²) in [5.41, 5.74) is 1.88. The van der Waals surface area contributed by atoms with Crippen LogP contribution in [0.2, 0.25) is 0 Å². The van der Waals surface area contributed by atoms with Crippen LogP contribution >= 0.6 is 23.3 Å². The Balaban J connectivity index is 1.98. The van der Waals surface area contributed by atoms with Crippen molar-refractivity contribution in [1.82, 2.24) is 13.9 Å². The van der Waals surface area contributed by atoms with Gasteiger partial charge in [-0.15, -0.1) is 0 Å². The molecule has 4 nitrogen and oxygen atoms in total. The third kappa shape index (κ3) is 2.41. The summed E-state index contributed by atoms with van der Waals surface area (Å²) in [4.78, 5) is 20.1. The Hall–Kier alpha value is -1.66. The van der Waals surface area contributed by atoms with E-state index >= 15 is 0 Å². The van der Waals surface area contributed by atoms with E-state index in [1.54, 1.807) is 10.2 Å². The fourth-order valence-corrected chi connectivity index (χ4v) is 3.72. The molecule has 96 valence electrons. The van der Waals surface area contributed by atoms with Gasteiger partial charge >= 0.3 is 4.87 Å². The quantitative estimate of drug-likeness (QED) is 0.743. The summed E-state index contributed by atoms with van der Waals surface area (Å²) in [6.07, 6.45) is 3.15. The van der Waals surface area contributed by atoms with Gasteiger partial charge < -0.3 is 0 Å². The third-order valence-electron chi connectivity index (χ3n) is 2.75. The van der Waals surface area contributed by atoms with Crippen molar-refractivity contribution in [1.29, 1.82) is 0 Å². The first-order valence-corrected chi connectivity index (χ1v) is 7.44. The highest BCUT2D eigenvalue weighted by Gasteiger charge is 2.13. The lowest BCUT2D eigenvalue weighted by molar-refractivity contribution is 1.07. The standard InChI is InChI=1S/C13H11N3OS2/c1-9(10-5-3-2-4-6-10)19-16-12-11(18-13(16)17)7-14-8-15-12/h2-9H,1H3/t9-/m1/s1. The summed E-state index contributed by atoms with van der Waals surface area (Å²) in [6, 6.07) is 10.1. The summed E-state index contributed by atoms with van der Waals surface area (Å²) in [5.74, 6) is 0. The summed E-state index contributed by atoms with van der Waals surface area (Å²) >= 11 is 2.66. The largest absolute Gasteiger partial charge is 0.319 e. The minimum atomic E-state index is -0.0109. The Bertz CT molecular complexity index is 751. The maximum Gasteiger partial charge on any atom is 0.319 e. The lowest BCUT2D eigenvalue weighted by Gasteiger charge is -2.11. The Labute approximate surface area is 118 Å². The topological polar surface area (TPSA) is 47.8 Å². The van der Waals surface area contributed by atoms with Crippen LogP contribution in [-0.4, -0.2) is 13.9 Å². The van der Waals surface area contributed by atoms with Gasteiger partial charge in [0.2, 0.25) is 0 Å². The van der Waals surface area contributed by atoms with Gasteiger partial charge in [0.15, 0.2) is 5.65 Å². The smallest absolute Gasteiger partial charge is 0.256 e. The monoisotopic (exact) mass is 289 g/mol. The molecule has 19 heavy (non-hydrogen) atoms. The van der Waals surface area contributed by atoms with Crippen molar-refractivity contribution >= 4 is 33.6 Å². The summed E-state index contributed by atoms with van der Waals surface area (Å²) in [7, 11) is 0. The van der Waals surface area contributed by atoms with Gasteiger partial charge in [-0.3, -0.25) is 4.79 Å². The summed E-state index contributed by atoms with van der Waals surface area (Å²) in [6.45, 7) is 2.08. The van der Waals surface area contributed by atoms with Gasteiger partial charge in [0, 0.05) is 11.4 Å². The van der Waals surface area contributed by atoms with Crippen LogP contribution in [0.25, 0.3) is 10.3 Å². The normalized spacial score (nSPS) is 12.7. The molecule has 0 N–H and O–H groups in total. The number of benzene rings is 1. The zero-order valence-electron chi connectivity index (χ0n) is 10.2. The van der Waals surface area contributed by atoms with Crippen molar-refractivity contribution in [2.75, 3.05) is 0 Å². The van der Waals surface area contributed by atoms with E-state index in [4.69, 9.17) is 0 Å². The molecule has 1 aromatic carbocycles. The molecule has 0 aliphatic carbocycles. The summed E-state index contributed by atoms with van der Waals surface area (Å²) in [5, 5.41) is 0.187. The Kier molecular flexibility index (Phi) is 3.35. The van der Waals surface area contributed by atoms with Gasteiger partial charge in [-0.1, -0.05) is 41.7 Å². The Morgan fingerprint density at radius 2 is 2.11 bits per heavy atom. The van der Waals surface area contributed by atoms with Crippen LogP contribution in [-0.2, 0) is 0 Å². The predicted molar refractivity (Wildman–Crippen MR) is 79.5 cm³/mol. The number of nitrogens with zero attached hydrogens (tertiary/aromatic N) is 3. The fourth-order valence-electron chi connectivity index (χ4n) is 1.79. The van der Waals surface area contributed by atoms with E-state index in [9.17, 15) is 4.79 Å². The van der Waals surface area contributed by atoms with Crippen LogP contribution in [0.5, 0.6) is 0 Å². The van der Waals surface area contributed by atoms with Gasteiger partial charge in [0.05, 0.1) is 4.70 Å². The van der Waals surface area contributed by atoms with Gasteiger partial charge in [0.1, 0.15) is 6.33 Å². The number of fused-ring (bicyclic) bond motifs is 1. The maximum absolute atomic E-state index is 12.0. The van der Waals surface area contributed by atoms with E-state index in [-0.39, 0.29) is 10.1 Å². The van der Waals surface area contributed by atoms with Crippen LogP contribution < -0.4 is 4.87 Å².